The van der Waals surface area contributed by atoms with E-state index in [0.29, 0.717) is 35.6 Å². The molecule has 9 heteroatoms. The number of nitro groups is 1. The van der Waals surface area contributed by atoms with Gasteiger partial charge in [0.25, 0.3) is 5.69 Å². The van der Waals surface area contributed by atoms with Crippen molar-refractivity contribution in [3.05, 3.63) is 50.4 Å². The molecule has 0 bridgehead atoms. The summed E-state index contributed by atoms with van der Waals surface area (Å²) in [6.45, 7) is 7.90. The summed E-state index contributed by atoms with van der Waals surface area (Å²) in [4.78, 5) is 38.1. The molecule has 4 rings (SSSR count). The van der Waals surface area contributed by atoms with Gasteiger partial charge < -0.3 is 19.5 Å². The Morgan fingerprint density at radius 1 is 1.27 bits per heavy atom. The molecule has 2 heterocycles. The number of nitrogens with zero attached hydrogens (tertiary/aromatic N) is 1. The molecule has 33 heavy (non-hydrogen) atoms. The highest BCUT2D eigenvalue weighted by molar-refractivity contribution is 6.04. The number of ketones is 1. The van der Waals surface area contributed by atoms with Crippen LogP contribution in [0.5, 0.6) is 11.5 Å². The summed E-state index contributed by atoms with van der Waals surface area (Å²) >= 11 is 0. The van der Waals surface area contributed by atoms with Crippen molar-refractivity contribution in [1.29, 1.82) is 0 Å². The van der Waals surface area contributed by atoms with Crippen LogP contribution in [0.1, 0.15) is 64.9 Å². The van der Waals surface area contributed by atoms with Crippen molar-refractivity contribution in [2.24, 2.45) is 5.41 Å². The normalized spacial score (nSPS) is 21.0. The van der Waals surface area contributed by atoms with Crippen LogP contribution in [0.2, 0.25) is 0 Å². The van der Waals surface area contributed by atoms with Gasteiger partial charge in [0.2, 0.25) is 6.79 Å². The van der Waals surface area contributed by atoms with Crippen molar-refractivity contribution in [2.45, 2.75) is 59.3 Å². The average Bonchev–Trinajstić information content (AvgIpc) is 3.18. The number of benzene rings is 1. The quantitative estimate of drug-likeness (QED) is 0.292. The predicted octanol–water partition coefficient (Wildman–Crippen LogP) is 4.27. The third-order valence-electron chi connectivity index (χ3n) is 6.22. The van der Waals surface area contributed by atoms with E-state index in [-0.39, 0.29) is 53.6 Å². The molecule has 0 fully saturated rings. The van der Waals surface area contributed by atoms with Gasteiger partial charge in [-0.3, -0.25) is 14.9 Å². The molecule has 1 aromatic rings. The van der Waals surface area contributed by atoms with Crippen LogP contribution in [0.25, 0.3) is 0 Å². The average molecular weight is 456 g/mol. The van der Waals surface area contributed by atoms with Crippen LogP contribution in [0.4, 0.5) is 5.69 Å². The molecule has 1 N–H and O–H groups in total. The van der Waals surface area contributed by atoms with Gasteiger partial charge in [0.1, 0.15) is 0 Å². The number of allylic oxidation sites excluding steroid dienone is 3. The molecular weight excluding hydrogens is 428 g/mol. The van der Waals surface area contributed by atoms with E-state index in [1.807, 2.05) is 20.8 Å². The Kier molecular flexibility index (Phi) is 5.90. The third-order valence-corrected chi connectivity index (χ3v) is 6.22. The topological polar surface area (TPSA) is 117 Å². The van der Waals surface area contributed by atoms with E-state index in [9.17, 15) is 19.7 Å². The second kappa shape index (κ2) is 8.53. The Balaban J connectivity index is 1.91. The molecule has 0 aromatic heterocycles. The predicted molar refractivity (Wildman–Crippen MR) is 119 cm³/mol. The van der Waals surface area contributed by atoms with Crippen molar-refractivity contribution >= 4 is 17.4 Å². The Bertz CT molecular complexity index is 1100. The van der Waals surface area contributed by atoms with Crippen LogP contribution in [0, 0.1) is 15.5 Å². The summed E-state index contributed by atoms with van der Waals surface area (Å²) in [7, 11) is 0. The van der Waals surface area contributed by atoms with Crippen molar-refractivity contribution in [2.75, 3.05) is 13.4 Å². The minimum atomic E-state index is -0.936. The van der Waals surface area contributed by atoms with Crippen LogP contribution in [0.3, 0.4) is 0 Å². The summed E-state index contributed by atoms with van der Waals surface area (Å²) in [5.41, 5.74) is 1.52. The SMILES string of the molecule is CCCCOC(=O)C1=C(C)NC2=C(C(=O)CC(C)(C)C2)C1c1cc2c(cc1[N+](=O)[O-])OCO2. The van der Waals surface area contributed by atoms with Crippen molar-refractivity contribution in [1.82, 2.24) is 5.32 Å². The highest BCUT2D eigenvalue weighted by atomic mass is 16.7. The number of carbonyl (C=O) groups excluding carboxylic acids is 2. The number of ether oxygens (including phenoxy) is 3. The highest BCUT2D eigenvalue weighted by Gasteiger charge is 2.45. The number of fused-ring (bicyclic) bond motifs is 1. The zero-order valence-electron chi connectivity index (χ0n) is 19.3. The van der Waals surface area contributed by atoms with E-state index >= 15 is 0 Å². The first kappa shape index (κ1) is 22.8. The largest absolute Gasteiger partial charge is 0.462 e. The molecule has 0 saturated carbocycles. The monoisotopic (exact) mass is 456 g/mol. The number of hydrogen-bond acceptors (Lipinski definition) is 8. The zero-order chi connectivity index (χ0) is 23.9. The van der Waals surface area contributed by atoms with E-state index in [1.165, 1.54) is 12.1 Å². The minimum absolute atomic E-state index is 0.0516. The molecule has 1 atom stereocenters. The van der Waals surface area contributed by atoms with Gasteiger partial charge in [0.05, 0.1) is 29.1 Å². The third kappa shape index (κ3) is 4.19. The lowest BCUT2D eigenvalue weighted by Crippen LogP contribution is -2.38. The van der Waals surface area contributed by atoms with Gasteiger partial charge in [0.15, 0.2) is 17.3 Å². The standard InChI is InChI=1S/C24H28N2O7/c1-5-6-7-31-23(28)20-13(2)25-15-10-24(3,4)11-17(27)22(15)21(20)14-8-18-19(33-12-32-18)9-16(14)26(29)30/h8-9,21,25H,5-7,10-12H2,1-4H3. The molecule has 2 aliphatic heterocycles. The van der Waals surface area contributed by atoms with Gasteiger partial charge in [-0.15, -0.1) is 0 Å². The molecule has 0 saturated heterocycles. The summed E-state index contributed by atoms with van der Waals surface area (Å²) in [5, 5.41) is 15.3. The Hall–Kier alpha value is -3.36. The first-order valence-electron chi connectivity index (χ1n) is 11.1. The number of nitrogens with one attached hydrogen (secondary N) is 1. The minimum Gasteiger partial charge on any atom is -0.462 e. The molecule has 0 amide bonds. The Labute approximate surface area is 191 Å². The molecule has 1 aromatic carbocycles. The summed E-state index contributed by atoms with van der Waals surface area (Å²) in [6, 6.07) is 2.81. The Morgan fingerprint density at radius 3 is 2.64 bits per heavy atom. The lowest BCUT2D eigenvalue weighted by molar-refractivity contribution is -0.385. The molecule has 176 valence electrons. The number of hydrogen-bond donors (Lipinski definition) is 1. The fourth-order valence-electron chi connectivity index (χ4n) is 4.74. The summed E-state index contributed by atoms with van der Waals surface area (Å²) < 4.78 is 16.3. The number of Topliss-reactive ketones (excluding diaryl/α,β-unsaturated/α-hetero) is 1. The van der Waals surface area contributed by atoms with Crippen molar-refractivity contribution in [3.63, 3.8) is 0 Å². The number of rotatable bonds is 6. The van der Waals surface area contributed by atoms with E-state index in [4.69, 9.17) is 14.2 Å². The first-order chi connectivity index (χ1) is 15.6. The highest BCUT2D eigenvalue weighted by Crippen LogP contribution is 2.50. The smallest absolute Gasteiger partial charge is 0.336 e. The van der Waals surface area contributed by atoms with Crippen LogP contribution < -0.4 is 14.8 Å². The number of nitro benzene ring substituents is 1. The van der Waals surface area contributed by atoms with Crippen molar-refractivity contribution < 1.29 is 28.7 Å². The van der Waals surface area contributed by atoms with Gasteiger partial charge >= 0.3 is 5.97 Å². The van der Waals surface area contributed by atoms with Crippen LogP contribution >= 0.6 is 0 Å². The first-order valence-corrected chi connectivity index (χ1v) is 11.1. The van der Waals surface area contributed by atoms with Crippen LogP contribution in [-0.2, 0) is 14.3 Å². The van der Waals surface area contributed by atoms with E-state index in [2.05, 4.69) is 5.32 Å². The molecular formula is C24H28N2O7. The molecule has 1 unspecified atom stereocenters. The maximum atomic E-state index is 13.4. The lowest BCUT2D eigenvalue weighted by Gasteiger charge is -2.39. The maximum Gasteiger partial charge on any atom is 0.336 e. The zero-order valence-corrected chi connectivity index (χ0v) is 19.3. The van der Waals surface area contributed by atoms with Gasteiger partial charge in [0, 0.05) is 29.0 Å². The fraction of sp³-hybridized carbons (Fsp3) is 0.500. The molecule has 3 aliphatic rings. The number of esters is 1. The summed E-state index contributed by atoms with van der Waals surface area (Å²) in [6.07, 6.45) is 2.41. The summed E-state index contributed by atoms with van der Waals surface area (Å²) in [5.74, 6) is -1.06. The maximum absolute atomic E-state index is 13.4. The van der Waals surface area contributed by atoms with Gasteiger partial charge in [-0.2, -0.15) is 0 Å². The molecule has 9 nitrogen and oxygen atoms in total. The molecule has 0 radical (unpaired) electrons. The number of carbonyl (C=O) groups is 2. The second-order valence-electron chi connectivity index (χ2n) is 9.44. The molecule has 0 spiro atoms. The number of dihydropyridines is 1. The fourth-order valence-corrected chi connectivity index (χ4v) is 4.74. The number of unbranched alkanes of at least 4 members (excludes halogenated alkanes) is 1. The van der Waals surface area contributed by atoms with Gasteiger partial charge in [-0.05, 0) is 31.2 Å². The van der Waals surface area contributed by atoms with Crippen LogP contribution in [-0.4, -0.2) is 30.1 Å². The van der Waals surface area contributed by atoms with Gasteiger partial charge in [-0.1, -0.05) is 27.2 Å². The second-order valence-corrected chi connectivity index (χ2v) is 9.44. The van der Waals surface area contributed by atoms with Crippen LogP contribution in [0.15, 0.2) is 34.7 Å². The van der Waals surface area contributed by atoms with E-state index in [0.717, 1.165) is 6.42 Å². The van der Waals surface area contributed by atoms with Gasteiger partial charge in [-0.25, -0.2) is 4.79 Å². The van der Waals surface area contributed by atoms with E-state index in [1.54, 1.807) is 6.92 Å². The molecule has 1 aliphatic carbocycles. The Morgan fingerprint density at radius 2 is 1.97 bits per heavy atom. The van der Waals surface area contributed by atoms with E-state index < -0.39 is 16.8 Å². The van der Waals surface area contributed by atoms with Crippen molar-refractivity contribution in [3.8, 4) is 11.5 Å². The lowest BCUT2D eigenvalue weighted by atomic mass is 9.68.